The van der Waals surface area contributed by atoms with Crippen molar-refractivity contribution in [2.24, 2.45) is 5.92 Å². The fourth-order valence-electron chi connectivity index (χ4n) is 1.86. The SMILES string of the molecule is CCC(CNC(=O)c1cc(C(C)C)nn1CC)C(=O)O. The van der Waals surface area contributed by atoms with Gasteiger partial charge in [-0.3, -0.25) is 14.3 Å². The molecular formula is C14H23N3O3. The molecule has 112 valence electrons. The molecule has 0 bridgehead atoms. The van der Waals surface area contributed by atoms with Gasteiger partial charge in [-0.25, -0.2) is 0 Å². The molecule has 1 amide bonds. The molecule has 0 aromatic carbocycles. The number of hydrogen-bond donors (Lipinski definition) is 2. The number of nitrogens with zero attached hydrogens (tertiary/aromatic N) is 2. The zero-order valence-electron chi connectivity index (χ0n) is 12.5. The first-order chi connectivity index (χ1) is 9.40. The lowest BCUT2D eigenvalue weighted by Crippen LogP contribution is -2.33. The van der Waals surface area contributed by atoms with Crippen LogP contribution in [0.15, 0.2) is 6.07 Å². The van der Waals surface area contributed by atoms with Gasteiger partial charge in [0.15, 0.2) is 0 Å². The van der Waals surface area contributed by atoms with Crippen molar-refractivity contribution in [1.82, 2.24) is 15.1 Å². The molecule has 0 aliphatic rings. The number of carbonyl (C=O) groups excluding carboxylic acids is 1. The van der Waals surface area contributed by atoms with E-state index >= 15 is 0 Å². The number of hydrogen-bond acceptors (Lipinski definition) is 3. The van der Waals surface area contributed by atoms with E-state index in [1.165, 1.54) is 0 Å². The average molecular weight is 281 g/mol. The van der Waals surface area contributed by atoms with Gasteiger partial charge < -0.3 is 10.4 Å². The fourth-order valence-corrected chi connectivity index (χ4v) is 1.86. The van der Waals surface area contributed by atoms with Gasteiger partial charge in [-0.2, -0.15) is 5.10 Å². The molecule has 20 heavy (non-hydrogen) atoms. The normalized spacial score (nSPS) is 12.4. The van der Waals surface area contributed by atoms with E-state index < -0.39 is 11.9 Å². The number of amides is 1. The largest absolute Gasteiger partial charge is 0.481 e. The van der Waals surface area contributed by atoms with Crippen molar-refractivity contribution in [2.75, 3.05) is 6.54 Å². The van der Waals surface area contributed by atoms with Gasteiger partial charge in [0.25, 0.3) is 5.91 Å². The molecule has 1 heterocycles. The van der Waals surface area contributed by atoms with E-state index in [4.69, 9.17) is 5.11 Å². The Bertz CT molecular complexity index is 480. The highest BCUT2D eigenvalue weighted by Gasteiger charge is 2.19. The Hall–Kier alpha value is -1.85. The predicted molar refractivity (Wildman–Crippen MR) is 75.7 cm³/mol. The first-order valence-corrected chi connectivity index (χ1v) is 6.99. The van der Waals surface area contributed by atoms with Gasteiger partial charge in [0.05, 0.1) is 11.6 Å². The summed E-state index contributed by atoms with van der Waals surface area (Å²) in [5.41, 5.74) is 1.35. The third-order valence-electron chi connectivity index (χ3n) is 3.27. The van der Waals surface area contributed by atoms with Gasteiger partial charge in [0, 0.05) is 13.1 Å². The molecule has 2 N–H and O–H groups in total. The highest BCUT2D eigenvalue weighted by Crippen LogP contribution is 2.14. The fraction of sp³-hybridized carbons (Fsp3) is 0.643. The second kappa shape index (κ2) is 7.07. The lowest BCUT2D eigenvalue weighted by atomic mass is 10.1. The Kier molecular flexibility index (Phi) is 5.73. The number of nitrogens with one attached hydrogen (secondary N) is 1. The van der Waals surface area contributed by atoms with Crippen LogP contribution in [0.2, 0.25) is 0 Å². The number of carboxylic acids is 1. The quantitative estimate of drug-likeness (QED) is 0.799. The zero-order chi connectivity index (χ0) is 15.3. The molecule has 6 heteroatoms. The Balaban J connectivity index is 2.79. The summed E-state index contributed by atoms with van der Waals surface area (Å²) in [6.45, 7) is 8.48. The Labute approximate surface area is 119 Å². The number of aryl methyl sites for hydroxylation is 1. The molecule has 1 atom stereocenters. The van der Waals surface area contributed by atoms with E-state index in [1.807, 2.05) is 20.8 Å². The van der Waals surface area contributed by atoms with Crippen molar-refractivity contribution in [2.45, 2.75) is 46.6 Å². The van der Waals surface area contributed by atoms with Crippen LogP contribution in [-0.2, 0) is 11.3 Å². The number of aliphatic carboxylic acids is 1. The van der Waals surface area contributed by atoms with E-state index in [1.54, 1.807) is 17.7 Å². The molecule has 0 aliphatic carbocycles. The lowest BCUT2D eigenvalue weighted by molar-refractivity contribution is -0.141. The molecule has 6 nitrogen and oxygen atoms in total. The summed E-state index contributed by atoms with van der Waals surface area (Å²) in [5.74, 6) is -1.47. The van der Waals surface area contributed by atoms with Gasteiger partial charge in [-0.05, 0) is 25.3 Å². The van der Waals surface area contributed by atoms with Crippen LogP contribution in [0.4, 0.5) is 0 Å². The molecule has 0 aliphatic heterocycles. The van der Waals surface area contributed by atoms with E-state index in [2.05, 4.69) is 10.4 Å². The minimum Gasteiger partial charge on any atom is -0.481 e. The van der Waals surface area contributed by atoms with Crippen LogP contribution in [0.25, 0.3) is 0 Å². The second-order valence-corrected chi connectivity index (χ2v) is 5.08. The molecule has 1 rings (SSSR count). The standard InChI is InChI=1S/C14H23N3O3/c1-5-10(14(19)20)8-15-13(18)12-7-11(9(3)4)16-17(12)6-2/h7,9-10H,5-6,8H2,1-4H3,(H,15,18)(H,19,20). The summed E-state index contributed by atoms with van der Waals surface area (Å²) in [7, 11) is 0. The molecule has 1 unspecified atom stereocenters. The summed E-state index contributed by atoms with van der Waals surface area (Å²) < 4.78 is 1.65. The maximum atomic E-state index is 12.1. The van der Waals surface area contributed by atoms with Crippen LogP contribution in [0.5, 0.6) is 0 Å². The highest BCUT2D eigenvalue weighted by atomic mass is 16.4. The smallest absolute Gasteiger partial charge is 0.308 e. The van der Waals surface area contributed by atoms with Crippen molar-refractivity contribution >= 4 is 11.9 Å². The molecule has 0 fully saturated rings. The molecule has 0 saturated carbocycles. The van der Waals surface area contributed by atoms with E-state index in [9.17, 15) is 9.59 Å². The first-order valence-electron chi connectivity index (χ1n) is 6.99. The van der Waals surface area contributed by atoms with E-state index in [0.717, 1.165) is 5.69 Å². The van der Waals surface area contributed by atoms with Crippen LogP contribution >= 0.6 is 0 Å². The number of aromatic nitrogens is 2. The lowest BCUT2D eigenvalue weighted by Gasteiger charge is -2.11. The van der Waals surface area contributed by atoms with Gasteiger partial charge in [-0.1, -0.05) is 20.8 Å². The van der Waals surface area contributed by atoms with Crippen LogP contribution < -0.4 is 5.32 Å². The maximum absolute atomic E-state index is 12.1. The Morgan fingerprint density at radius 2 is 2.05 bits per heavy atom. The van der Waals surface area contributed by atoms with Crippen molar-refractivity contribution in [1.29, 1.82) is 0 Å². The number of rotatable bonds is 7. The van der Waals surface area contributed by atoms with Gasteiger partial charge in [0.2, 0.25) is 0 Å². The van der Waals surface area contributed by atoms with Gasteiger partial charge >= 0.3 is 5.97 Å². The van der Waals surface area contributed by atoms with Crippen LogP contribution in [-0.4, -0.2) is 33.3 Å². The summed E-state index contributed by atoms with van der Waals surface area (Å²) >= 11 is 0. The minimum absolute atomic E-state index is 0.135. The third-order valence-corrected chi connectivity index (χ3v) is 3.27. The predicted octanol–water partition coefficient (Wildman–Crippen LogP) is 1.87. The molecule has 0 radical (unpaired) electrons. The first kappa shape index (κ1) is 16.2. The molecule has 0 saturated heterocycles. The second-order valence-electron chi connectivity index (χ2n) is 5.08. The summed E-state index contributed by atoms with van der Waals surface area (Å²) in [6, 6.07) is 1.77. The summed E-state index contributed by atoms with van der Waals surface area (Å²) in [5, 5.41) is 16.0. The van der Waals surface area contributed by atoms with Gasteiger partial charge in [-0.15, -0.1) is 0 Å². The Morgan fingerprint density at radius 1 is 1.40 bits per heavy atom. The zero-order valence-corrected chi connectivity index (χ0v) is 12.5. The topological polar surface area (TPSA) is 84.2 Å². The summed E-state index contributed by atoms with van der Waals surface area (Å²) in [6.07, 6.45) is 0.486. The van der Waals surface area contributed by atoms with Crippen molar-refractivity contribution in [3.05, 3.63) is 17.5 Å². The minimum atomic E-state index is -0.889. The highest BCUT2D eigenvalue weighted by molar-refractivity contribution is 5.93. The molecule has 1 aromatic heterocycles. The van der Waals surface area contributed by atoms with E-state index in [0.29, 0.717) is 18.7 Å². The Morgan fingerprint density at radius 3 is 2.50 bits per heavy atom. The van der Waals surface area contributed by atoms with Crippen molar-refractivity contribution in [3.63, 3.8) is 0 Å². The molecule has 1 aromatic rings. The van der Waals surface area contributed by atoms with E-state index in [-0.39, 0.29) is 18.4 Å². The van der Waals surface area contributed by atoms with Crippen LogP contribution in [0, 0.1) is 5.92 Å². The molecule has 0 spiro atoms. The number of carboxylic acid groups (broad SMARTS) is 1. The summed E-state index contributed by atoms with van der Waals surface area (Å²) in [4.78, 5) is 23.1. The average Bonchev–Trinajstić information content (AvgIpc) is 2.83. The molecular weight excluding hydrogens is 258 g/mol. The van der Waals surface area contributed by atoms with Crippen LogP contribution in [0.3, 0.4) is 0 Å². The van der Waals surface area contributed by atoms with Crippen molar-refractivity contribution < 1.29 is 14.7 Å². The number of carbonyl (C=O) groups is 2. The monoisotopic (exact) mass is 281 g/mol. The van der Waals surface area contributed by atoms with Crippen LogP contribution in [0.1, 0.15) is 56.2 Å². The van der Waals surface area contributed by atoms with Crippen molar-refractivity contribution in [3.8, 4) is 0 Å². The third kappa shape index (κ3) is 3.82. The van der Waals surface area contributed by atoms with Gasteiger partial charge in [0.1, 0.15) is 5.69 Å². The maximum Gasteiger partial charge on any atom is 0.308 e.